The van der Waals surface area contributed by atoms with Crippen molar-refractivity contribution in [3.05, 3.63) is 77.4 Å². The quantitative estimate of drug-likeness (QED) is 0.348. The van der Waals surface area contributed by atoms with Gasteiger partial charge in [-0.05, 0) is 50.2 Å². The Hall–Kier alpha value is -3.01. The van der Waals surface area contributed by atoms with Crippen LogP contribution in [0.2, 0.25) is 0 Å². The number of aryl methyl sites for hydroxylation is 2. The van der Waals surface area contributed by atoms with E-state index in [-0.39, 0.29) is 27.3 Å². The predicted octanol–water partition coefficient (Wildman–Crippen LogP) is 3.80. The van der Waals surface area contributed by atoms with Crippen LogP contribution in [0.25, 0.3) is 11.1 Å². The van der Waals surface area contributed by atoms with Crippen LogP contribution in [0.5, 0.6) is 5.75 Å². The summed E-state index contributed by atoms with van der Waals surface area (Å²) < 4.78 is 64.1. The lowest BCUT2D eigenvalue weighted by atomic mass is 10.0. The van der Waals surface area contributed by atoms with Gasteiger partial charge >= 0.3 is 10.1 Å². The fourth-order valence-corrected chi connectivity index (χ4v) is 4.48. The minimum absolute atomic E-state index is 0.0454. The van der Waals surface area contributed by atoms with Gasteiger partial charge in [0.15, 0.2) is 5.75 Å². The summed E-state index contributed by atoms with van der Waals surface area (Å²) in [4.78, 5) is 10.7. The van der Waals surface area contributed by atoms with Crippen LogP contribution in [0.4, 0.5) is 0 Å². The van der Waals surface area contributed by atoms with Crippen molar-refractivity contribution in [3.63, 3.8) is 0 Å². The van der Waals surface area contributed by atoms with E-state index in [2.05, 4.69) is 0 Å². The van der Waals surface area contributed by atoms with E-state index in [1.54, 1.807) is 26.0 Å². The molecule has 0 aliphatic heterocycles. The van der Waals surface area contributed by atoms with E-state index in [9.17, 15) is 26.2 Å². The summed E-state index contributed by atoms with van der Waals surface area (Å²) in [5.41, 5.74) is 1.80. The highest BCUT2D eigenvalue weighted by molar-refractivity contribution is 7.87. The van der Waals surface area contributed by atoms with Gasteiger partial charge in [0.05, 0.1) is 0 Å². The first kappa shape index (κ1) is 21.7. The molecule has 0 aliphatic carbocycles. The number of hydrogen-bond donors (Lipinski definition) is 1. The van der Waals surface area contributed by atoms with Gasteiger partial charge in [-0.25, -0.2) is 0 Å². The fraction of sp³-hybridized carbons (Fsp3) is 0.0952. The molecule has 0 spiro atoms. The summed E-state index contributed by atoms with van der Waals surface area (Å²) in [6.45, 7) is 3.51. The van der Waals surface area contributed by atoms with Crippen molar-refractivity contribution in [1.29, 1.82) is 0 Å². The van der Waals surface area contributed by atoms with Gasteiger partial charge in [-0.2, -0.15) is 16.8 Å². The summed E-state index contributed by atoms with van der Waals surface area (Å²) >= 11 is 0. The molecule has 1 N–H and O–H groups in total. The van der Waals surface area contributed by atoms with E-state index < -0.39 is 25.1 Å². The van der Waals surface area contributed by atoms with E-state index in [0.29, 0.717) is 11.8 Å². The zero-order valence-electron chi connectivity index (χ0n) is 16.1. The van der Waals surface area contributed by atoms with Crippen molar-refractivity contribution in [3.8, 4) is 16.9 Å². The highest BCUT2D eigenvalue weighted by Crippen LogP contribution is 2.37. The SMILES string of the molecule is Cc1ccc(S(=O)(=O)Oc2cc(C=O)ccc2-c2cc(C)ccc2S(=O)(=O)O)cc1. The van der Waals surface area contributed by atoms with Crippen LogP contribution in [0, 0.1) is 13.8 Å². The maximum Gasteiger partial charge on any atom is 0.339 e. The van der Waals surface area contributed by atoms with E-state index in [1.165, 1.54) is 48.5 Å². The number of rotatable bonds is 6. The Labute approximate surface area is 174 Å². The summed E-state index contributed by atoms with van der Waals surface area (Å²) in [5.74, 6) is -0.240. The van der Waals surface area contributed by atoms with Crippen LogP contribution in [-0.4, -0.2) is 27.7 Å². The minimum atomic E-state index is -4.61. The lowest BCUT2D eigenvalue weighted by Crippen LogP contribution is -2.11. The Morgan fingerprint density at radius 1 is 0.800 bits per heavy atom. The molecular weight excluding hydrogens is 428 g/mol. The third-order valence-corrected chi connectivity index (χ3v) is 6.51. The number of benzene rings is 3. The third-order valence-electron chi connectivity index (χ3n) is 4.35. The maximum absolute atomic E-state index is 12.8. The van der Waals surface area contributed by atoms with Crippen molar-refractivity contribution >= 4 is 26.5 Å². The normalized spacial score (nSPS) is 11.8. The van der Waals surface area contributed by atoms with Gasteiger partial charge < -0.3 is 4.18 Å². The molecule has 0 radical (unpaired) electrons. The molecule has 0 amide bonds. The molecule has 0 bridgehead atoms. The van der Waals surface area contributed by atoms with Crippen molar-refractivity contribution in [2.24, 2.45) is 0 Å². The lowest BCUT2D eigenvalue weighted by molar-refractivity contribution is 0.112. The molecule has 0 saturated carbocycles. The van der Waals surface area contributed by atoms with E-state index in [0.717, 1.165) is 5.56 Å². The molecule has 0 aliphatic rings. The molecule has 0 unspecified atom stereocenters. The summed E-state index contributed by atoms with van der Waals surface area (Å²) in [7, 11) is -8.88. The first-order valence-electron chi connectivity index (χ1n) is 8.70. The van der Waals surface area contributed by atoms with Gasteiger partial charge in [-0.1, -0.05) is 35.4 Å². The minimum Gasteiger partial charge on any atom is -0.378 e. The van der Waals surface area contributed by atoms with Gasteiger partial charge in [0, 0.05) is 16.7 Å². The average molecular weight is 447 g/mol. The maximum atomic E-state index is 12.8. The van der Waals surface area contributed by atoms with Crippen LogP contribution < -0.4 is 4.18 Å². The smallest absolute Gasteiger partial charge is 0.339 e. The molecule has 0 saturated heterocycles. The van der Waals surface area contributed by atoms with Crippen molar-refractivity contribution in [2.75, 3.05) is 0 Å². The second-order valence-corrected chi connectivity index (χ2v) is 9.63. The molecule has 0 aromatic heterocycles. The second kappa shape index (κ2) is 8.02. The molecule has 3 aromatic rings. The summed E-state index contributed by atoms with van der Waals surface area (Å²) in [6, 6.07) is 14.1. The number of aldehydes is 1. The Morgan fingerprint density at radius 3 is 2.03 bits per heavy atom. The first-order chi connectivity index (χ1) is 14.0. The average Bonchev–Trinajstić information content (AvgIpc) is 2.67. The molecule has 9 heteroatoms. The molecule has 0 fully saturated rings. The standard InChI is InChI=1S/C21H18O7S2/c1-14-3-7-17(8-4-14)30(26,27)28-20-12-16(13-22)6-9-18(20)19-11-15(2)5-10-21(19)29(23,24)25/h3-13H,1-2H3,(H,23,24,25). The van der Waals surface area contributed by atoms with Crippen LogP contribution in [0.15, 0.2) is 70.5 Å². The molecule has 30 heavy (non-hydrogen) atoms. The van der Waals surface area contributed by atoms with Crippen LogP contribution in [-0.2, 0) is 20.2 Å². The van der Waals surface area contributed by atoms with Gasteiger partial charge in [-0.3, -0.25) is 9.35 Å². The molecule has 3 rings (SSSR count). The van der Waals surface area contributed by atoms with Gasteiger partial charge in [-0.15, -0.1) is 0 Å². The van der Waals surface area contributed by atoms with Gasteiger partial charge in [0.25, 0.3) is 10.1 Å². The molecule has 0 atom stereocenters. The molecular formula is C21H18O7S2. The van der Waals surface area contributed by atoms with Gasteiger partial charge in [0.1, 0.15) is 16.1 Å². The van der Waals surface area contributed by atoms with Crippen molar-refractivity contribution < 1.29 is 30.4 Å². The monoisotopic (exact) mass is 446 g/mol. The second-order valence-electron chi connectivity index (χ2n) is 6.70. The van der Waals surface area contributed by atoms with E-state index >= 15 is 0 Å². The van der Waals surface area contributed by atoms with Crippen molar-refractivity contribution in [1.82, 2.24) is 0 Å². The summed E-state index contributed by atoms with van der Waals surface area (Å²) in [5, 5.41) is 0. The molecule has 0 heterocycles. The Balaban J connectivity index is 2.22. The lowest BCUT2D eigenvalue weighted by Gasteiger charge is -2.15. The molecule has 7 nitrogen and oxygen atoms in total. The van der Waals surface area contributed by atoms with E-state index in [4.69, 9.17) is 4.18 Å². The Kier molecular flexibility index (Phi) is 5.80. The first-order valence-corrected chi connectivity index (χ1v) is 11.5. The Bertz CT molecular complexity index is 1320. The highest BCUT2D eigenvalue weighted by Gasteiger charge is 2.23. The fourth-order valence-electron chi connectivity index (χ4n) is 2.85. The topological polar surface area (TPSA) is 115 Å². The largest absolute Gasteiger partial charge is 0.378 e. The van der Waals surface area contributed by atoms with E-state index in [1.807, 2.05) is 0 Å². The highest BCUT2D eigenvalue weighted by atomic mass is 32.2. The van der Waals surface area contributed by atoms with Crippen LogP contribution in [0.1, 0.15) is 21.5 Å². The third kappa shape index (κ3) is 4.59. The number of hydrogen-bond acceptors (Lipinski definition) is 6. The number of carbonyl (C=O) groups is 1. The molecule has 3 aromatic carbocycles. The predicted molar refractivity (Wildman–Crippen MR) is 111 cm³/mol. The van der Waals surface area contributed by atoms with Crippen molar-refractivity contribution in [2.45, 2.75) is 23.6 Å². The van der Waals surface area contributed by atoms with Crippen LogP contribution >= 0.6 is 0 Å². The van der Waals surface area contributed by atoms with Gasteiger partial charge in [0.2, 0.25) is 0 Å². The zero-order chi connectivity index (χ0) is 22.1. The Morgan fingerprint density at radius 2 is 1.43 bits per heavy atom. The van der Waals surface area contributed by atoms with Crippen LogP contribution in [0.3, 0.4) is 0 Å². The zero-order valence-corrected chi connectivity index (χ0v) is 17.7. The summed E-state index contributed by atoms with van der Waals surface area (Å²) in [6.07, 6.45) is 0.509. The number of carbonyl (C=O) groups excluding carboxylic acids is 1. The molecule has 156 valence electrons.